The summed E-state index contributed by atoms with van der Waals surface area (Å²) in [6.45, 7) is 6.04. The van der Waals surface area contributed by atoms with Crippen molar-refractivity contribution in [1.82, 2.24) is 9.80 Å². The molecule has 1 aliphatic heterocycles. The minimum Gasteiger partial charge on any atom is -0.392 e. The fraction of sp³-hybridized carbons (Fsp3) is 0.588. The highest BCUT2D eigenvalue weighted by Gasteiger charge is 2.22. The van der Waals surface area contributed by atoms with E-state index in [1.165, 1.54) is 0 Å². The number of aliphatic hydroxyl groups excluding tert-OH is 1. The Balaban J connectivity index is 1.68. The highest BCUT2D eigenvalue weighted by molar-refractivity contribution is 6.31. The Morgan fingerprint density at radius 3 is 2.65 bits per heavy atom. The number of carbonyl (C=O) groups is 1. The number of amides is 1. The molecule has 1 aromatic carbocycles. The molecule has 1 fully saturated rings. The zero-order valence-electron chi connectivity index (χ0n) is 13.6. The Labute approximate surface area is 142 Å². The number of carbonyl (C=O) groups excluding carboxylic acids is 1. The molecule has 0 radical (unpaired) electrons. The number of halogens is 1. The first kappa shape index (κ1) is 18.2. The maximum Gasteiger partial charge on any atom is 0.248 e. The second kappa shape index (κ2) is 9.23. The molecule has 23 heavy (non-hydrogen) atoms. The predicted molar refractivity (Wildman–Crippen MR) is 90.4 cm³/mol. The van der Waals surface area contributed by atoms with E-state index >= 15 is 0 Å². The Morgan fingerprint density at radius 2 is 2.00 bits per heavy atom. The van der Waals surface area contributed by atoms with E-state index < -0.39 is 0 Å². The Hall–Kier alpha value is -1.14. The first-order valence-corrected chi connectivity index (χ1v) is 8.47. The molecule has 0 bridgehead atoms. The van der Waals surface area contributed by atoms with Crippen molar-refractivity contribution in [3.8, 4) is 0 Å². The molecule has 1 N–H and O–H groups in total. The van der Waals surface area contributed by atoms with Gasteiger partial charge >= 0.3 is 0 Å². The normalized spacial score (nSPS) is 17.3. The van der Waals surface area contributed by atoms with E-state index in [2.05, 4.69) is 4.90 Å². The standard InChI is InChI=1S/C17H25ClN2O3/c1-2-15(21)11-19-7-9-20(10-8-19)17(22)13-23-12-14-5-3-4-6-16(14)18/h3-6,15,21H,2,7-13H2,1H3/t15-/m1/s1. The molecule has 6 heteroatoms. The zero-order valence-corrected chi connectivity index (χ0v) is 14.3. The van der Waals surface area contributed by atoms with Crippen LogP contribution in [0.4, 0.5) is 0 Å². The van der Waals surface area contributed by atoms with Crippen LogP contribution >= 0.6 is 11.6 Å². The van der Waals surface area contributed by atoms with Gasteiger partial charge in [-0.15, -0.1) is 0 Å². The minimum absolute atomic E-state index is 0.00717. The van der Waals surface area contributed by atoms with Gasteiger partial charge in [0, 0.05) is 37.7 Å². The van der Waals surface area contributed by atoms with E-state index in [1.54, 1.807) is 0 Å². The van der Waals surface area contributed by atoms with Crippen LogP contribution in [-0.2, 0) is 16.1 Å². The highest BCUT2D eigenvalue weighted by atomic mass is 35.5. The van der Waals surface area contributed by atoms with Gasteiger partial charge in [-0.3, -0.25) is 9.69 Å². The summed E-state index contributed by atoms with van der Waals surface area (Å²) in [5.41, 5.74) is 0.889. The summed E-state index contributed by atoms with van der Waals surface area (Å²) in [7, 11) is 0. The number of aliphatic hydroxyl groups is 1. The van der Waals surface area contributed by atoms with E-state index in [0.717, 1.165) is 25.1 Å². The second-order valence-electron chi connectivity index (χ2n) is 5.83. The van der Waals surface area contributed by atoms with Crippen molar-refractivity contribution in [3.05, 3.63) is 34.9 Å². The number of nitrogens with zero attached hydrogens (tertiary/aromatic N) is 2. The minimum atomic E-state index is -0.281. The van der Waals surface area contributed by atoms with Crippen LogP contribution in [0, 0.1) is 0 Å². The predicted octanol–water partition coefficient (Wildman–Crippen LogP) is 1.77. The molecule has 0 unspecified atom stereocenters. The van der Waals surface area contributed by atoms with Crippen LogP contribution in [0.5, 0.6) is 0 Å². The monoisotopic (exact) mass is 340 g/mol. The van der Waals surface area contributed by atoms with Gasteiger partial charge in [0.1, 0.15) is 6.61 Å². The first-order valence-electron chi connectivity index (χ1n) is 8.09. The van der Waals surface area contributed by atoms with Crippen LogP contribution in [-0.4, -0.2) is 66.2 Å². The fourth-order valence-electron chi connectivity index (χ4n) is 2.56. The Bertz CT molecular complexity index is 504. The van der Waals surface area contributed by atoms with Crippen molar-refractivity contribution < 1.29 is 14.6 Å². The van der Waals surface area contributed by atoms with Crippen LogP contribution in [0.2, 0.25) is 5.02 Å². The summed E-state index contributed by atoms with van der Waals surface area (Å²) < 4.78 is 5.50. The van der Waals surface area contributed by atoms with E-state index in [0.29, 0.717) is 31.3 Å². The van der Waals surface area contributed by atoms with Crippen molar-refractivity contribution >= 4 is 17.5 Å². The van der Waals surface area contributed by atoms with E-state index in [1.807, 2.05) is 36.1 Å². The highest BCUT2D eigenvalue weighted by Crippen LogP contribution is 2.15. The molecule has 5 nitrogen and oxygen atoms in total. The summed E-state index contributed by atoms with van der Waals surface area (Å²) in [6, 6.07) is 7.47. The smallest absolute Gasteiger partial charge is 0.248 e. The summed E-state index contributed by atoms with van der Waals surface area (Å²) in [4.78, 5) is 16.2. The van der Waals surface area contributed by atoms with Gasteiger partial charge in [-0.2, -0.15) is 0 Å². The molecule has 1 saturated heterocycles. The van der Waals surface area contributed by atoms with Gasteiger partial charge in [-0.1, -0.05) is 36.7 Å². The molecular formula is C17H25ClN2O3. The number of benzene rings is 1. The lowest BCUT2D eigenvalue weighted by Crippen LogP contribution is -2.51. The molecule has 0 aliphatic carbocycles. The van der Waals surface area contributed by atoms with E-state index in [9.17, 15) is 9.90 Å². The quantitative estimate of drug-likeness (QED) is 0.822. The number of ether oxygens (including phenoxy) is 1. The molecule has 0 saturated carbocycles. The third kappa shape index (κ3) is 5.77. The summed E-state index contributed by atoms with van der Waals surface area (Å²) in [5.74, 6) is 0.00717. The van der Waals surface area contributed by atoms with Crippen LogP contribution < -0.4 is 0 Å². The third-order valence-corrected chi connectivity index (χ3v) is 4.47. The second-order valence-corrected chi connectivity index (χ2v) is 6.23. The number of β-amino-alcohol motifs (C(OH)–C–C–N with tert-alkyl or cyclic N) is 1. The maximum absolute atomic E-state index is 12.2. The SMILES string of the molecule is CC[C@@H](O)CN1CCN(C(=O)COCc2ccccc2Cl)CC1. The topological polar surface area (TPSA) is 53.0 Å². The van der Waals surface area contributed by atoms with Gasteiger partial charge in [-0.05, 0) is 18.1 Å². The van der Waals surface area contributed by atoms with Crippen LogP contribution in [0.3, 0.4) is 0 Å². The lowest BCUT2D eigenvalue weighted by Gasteiger charge is -2.35. The van der Waals surface area contributed by atoms with Crippen LogP contribution in [0.25, 0.3) is 0 Å². The molecular weight excluding hydrogens is 316 g/mol. The fourth-order valence-corrected chi connectivity index (χ4v) is 2.75. The average Bonchev–Trinajstić information content (AvgIpc) is 2.57. The summed E-state index contributed by atoms with van der Waals surface area (Å²) >= 11 is 6.06. The lowest BCUT2D eigenvalue weighted by molar-refractivity contribution is -0.138. The maximum atomic E-state index is 12.2. The Kier molecular flexibility index (Phi) is 7.30. The van der Waals surface area contributed by atoms with Crippen LogP contribution in [0.15, 0.2) is 24.3 Å². The van der Waals surface area contributed by atoms with Crippen molar-refractivity contribution in [2.45, 2.75) is 26.1 Å². The molecule has 1 aliphatic rings. The van der Waals surface area contributed by atoms with Gasteiger partial charge in [0.05, 0.1) is 12.7 Å². The van der Waals surface area contributed by atoms with E-state index in [4.69, 9.17) is 16.3 Å². The van der Waals surface area contributed by atoms with Gasteiger partial charge in [0.15, 0.2) is 0 Å². The molecule has 1 heterocycles. The number of hydrogen-bond acceptors (Lipinski definition) is 4. The van der Waals surface area contributed by atoms with Crippen molar-refractivity contribution in [1.29, 1.82) is 0 Å². The molecule has 1 aromatic rings. The molecule has 0 spiro atoms. The van der Waals surface area contributed by atoms with Gasteiger partial charge in [0.25, 0.3) is 0 Å². The lowest BCUT2D eigenvalue weighted by atomic mass is 10.2. The molecule has 1 atom stereocenters. The molecule has 128 valence electrons. The van der Waals surface area contributed by atoms with Crippen LogP contribution in [0.1, 0.15) is 18.9 Å². The molecule has 2 rings (SSSR count). The molecule has 0 aromatic heterocycles. The van der Waals surface area contributed by atoms with Crippen molar-refractivity contribution in [3.63, 3.8) is 0 Å². The van der Waals surface area contributed by atoms with Crippen molar-refractivity contribution in [2.75, 3.05) is 39.3 Å². The third-order valence-electron chi connectivity index (χ3n) is 4.11. The van der Waals surface area contributed by atoms with Gasteiger partial charge < -0.3 is 14.7 Å². The summed E-state index contributed by atoms with van der Waals surface area (Å²) in [5, 5.41) is 10.3. The molecule has 1 amide bonds. The zero-order chi connectivity index (χ0) is 16.7. The first-order chi connectivity index (χ1) is 11.1. The Morgan fingerprint density at radius 1 is 1.30 bits per heavy atom. The number of rotatable bonds is 7. The van der Waals surface area contributed by atoms with E-state index in [-0.39, 0.29) is 18.6 Å². The summed E-state index contributed by atoms with van der Waals surface area (Å²) in [6.07, 6.45) is 0.478. The van der Waals surface area contributed by atoms with Gasteiger partial charge in [0.2, 0.25) is 5.91 Å². The van der Waals surface area contributed by atoms with Crippen molar-refractivity contribution in [2.24, 2.45) is 0 Å². The number of piperazine rings is 1. The van der Waals surface area contributed by atoms with Gasteiger partial charge in [-0.25, -0.2) is 0 Å². The number of hydrogen-bond donors (Lipinski definition) is 1. The average molecular weight is 341 g/mol. The largest absolute Gasteiger partial charge is 0.392 e.